The Bertz CT molecular complexity index is 1230. The molecule has 2 aromatic heterocycles. The first-order chi connectivity index (χ1) is 16.6. The van der Waals surface area contributed by atoms with Crippen LogP contribution in [0.4, 0.5) is 5.95 Å². The number of aromatic amines is 1. The van der Waals surface area contributed by atoms with Crippen LogP contribution in [0.5, 0.6) is 0 Å². The van der Waals surface area contributed by atoms with Gasteiger partial charge in [-0.05, 0) is 49.1 Å². The average molecular weight is 458 g/mol. The summed E-state index contributed by atoms with van der Waals surface area (Å²) in [5, 5.41) is 9.74. The van der Waals surface area contributed by atoms with Crippen LogP contribution < -0.4 is 5.32 Å². The Morgan fingerprint density at radius 2 is 1.88 bits per heavy atom. The molecule has 8 nitrogen and oxygen atoms in total. The van der Waals surface area contributed by atoms with E-state index in [9.17, 15) is 9.59 Å². The largest absolute Gasteiger partial charge is 0.469 e. The predicted octanol–water partition coefficient (Wildman–Crippen LogP) is 4.79. The van der Waals surface area contributed by atoms with Crippen molar-refractivity contribution >= 4 is 17.8 Å². The summed E-state index contributed by atoms with van der Waals surface area (Å²) in [5.41, 5.74) is 4.14. The molecule has 174 valence electrons. The van der Waals surface area contributed by atoms with Gasteiger partial charge in [-0.3, -0.25) is 24.6 Å². The van der Waals surface area contributed by atoms with Crippen LogP contribution in [0.3, 0.4) is 0 Å². The number of H-pyrrole nitrogens is 1. The van der Waals surface area contributed by atoms with Crippen molar-refractivity contribution < 1.29 is 14.3 Å². The first-order valence-corrected chi connectivity index (χ1v) is 11.2. The van der Waals surface area contributed by atoms with Crippen LogP contribution in [0.25, 0.3) is 16.8 Å². The number of imidazole rings is 1. The Hall–Kier alpha value is -4.20. The molecule has 2 aromatic carbocycles. The standard InChI is InChI=1S/C26H27N5O3/c1-34-24(32)14-7-2-4-11-22-18-31(23-12-5-3-6-13-23)26(29-22)30-25(33)20-10-8-9-19(15-20)21-16-27-28-17-21/h3,5-6,8-10,12-13,15-18H,2,4,7,11,14H2,1H3,(H,27,28)(H,29,30,33). The number of para-hydroxylation sites is 1. The maximum Gasteiger partial charge on any atom is 0.305 e. The number of benzene rings is 2. The molecule has 0 saturated heterocycles. The molecule has 0 fully saturated rings. The van der Waals surface area contributed by atoms with Crippen molar-refractivity contribution in [2.75, 3.05) is 12.4 Å². The lowest BCUT2D eigenvalue weighted by atomic mass is 10.1. The summed E-state index contributed by atoms with van der Waals surface area (Å²) in [6.45, 7) is 0. The summed E-state index contributed by atoms with van der Waals surface area (Å²) < 4.78 is 6.58. The number of hydrogen-bond donors (Lipinski definition) is 2. The van der Waals surface area contributed by atoms with E-state index < -0.39 is 0 Å². The topological polar surface area (TPSA) is 102 Å². The fourth-order valence-electron chi connectivity index (χ4n) is 3.70. The van der Waals surface area contributed by atoms with Crippen LogP contribution in [0.2, 0.25) is 0 Å². The lowest BCUT2D eigenvalue weighted by Crippen LogP contribution is -2.15. The summed E-state index contributed by atoms with van der Waals surface area (Å²) in [6, 6.07) is 17.2. The molecule has 34 heavy (non-hydrogen) atoms. The molecule has 2 N–H and O–H groups in total. The number of nitrogens with zero attached hydrogens (tertiary/aromatic N) is 3. The van der Waals surface area contributed by atoms with Crippen molar-refractivity contribution in [2.45, 2.75) is 32.1 Å². The molecule has 8 heteroatoms. The van der Waals surface area contributed by atoms with Crippen LogP contribution in [0.1, 0.15) is 41.7 Å². The molecular weight excluding hydrogens is 430 g/mol. The van der Waals surface area contributed by atoms with E-state index in [1.807, 2.05) is 59.3 Å². The zero-order valence-corrected chi connectivity index (χ0v) is 19.0. The summed E-state index contributed by atoms with van der Waals surface area (Å²) in [6.07, 6.45) is 9.20. The van der Waals surface area contributed by atoms with E-state index in [1.165, 1.54) is 7.11 Å². The molecule has 0 aliphatic heterocycles. The van der Waals surface area contributed by atoms with Gasteiger partial charge in [0.1, 0.15) is 0 Å². The number of hydrogen-bond acceptors (Lipinski definition) is 5. The molecule has 0 atom stereocenters. The van der Waals surface area contributed by atoms with Gasteiger partial charge >= 0.3 is 5.97 Å². The first kappa shape index (κ1) is 23.0. The Balaban J connectivity index is 1.49. The van der Waals surface area contributed by atoms with E-state index >= 15 is 0 Å². The number of nitrogens with one attached hydrogen (secondary N) is 2. The number of carbonyl (C=O) groups is 2. The second kappa shape index (κ2) is 11.1. The SMILES string of the molecule is COC(=O)CCCCCc1cn(-c2ccccc2)c(NC(=O)c2cccc(-c3cn[nH]c3)c2)n1. The second-order valence-corrected chi connectivity index (χ2v) is 7.92. The maximum absolute atomic E-state index is 13.1. The number of carbonyl (C=O) groups excluding carboxylic acids is 2. The Kier molecular flexibility index (Phi) is 7.49. The number of methoxy groups -OCH3 is 1. The molecule has 1 amide bonds. The Morgan fingerprint density at radius 3 is 2.65 bits per heavy atom. The highest BCUT2D eigenvalue weighted by atomic mass is 16.5. The smallest absolute Gasteiger partial charge is 0.305 e. The maximum atomic E-state index is 13.1. The van der Waals surface area contributed by atoms with Crippen LogP contribution in [-0.2, 0) is 16.0 Å². The monoisotopic (exact) mass is 457 g/mol. The first-order valence-electron chi connectivity index (χ1n) is 11.2. The van der Waals surface area contributed by atoms with Gasteiger partial charge in [-0.2, -0.15) is 5.10 Å². The number of aromatic nitrogens is 4. The number of unbranched alkanes of at least 4 members (excludes halogenated alkanes) is 2. The number of rotatable bonds is 10. The van der Waals surface area contributed by atoms with E-state index in [-0.39, 0.29) is 11.9 Å². The molecule has 0 aliphatic rings. The third-order valence-corrected chi connectivity index (χ3v) is 5.51. The minimum atomic E-state index is -0.238. The normalized spacial score (nSPS) is 10.7. The second-order valence-electron chi connectivity index (χ2n) is 7.92. The highest BCUT2D eigenvalue weighted by Crippen LogP contribution is 2.22. The molecule has 0 spiro atoms. The van der Waals surface area contributed by atoms with Gasteiger partial charge in [0.25, 0.3) is 5.91 Å². The van der Waals surface area contributed by atoms with Crippen molar-refractivity contribution in [3.63, 3.8) is 0 Å². The molecule has 4 rings (SSSR count). The van der Waals surface area contributed by atoms with Crippen molar-refractivity contribution in [1.82, 2.24) is 19.7 Å². The summed E-state index contributed by atoms with van der Waals surface area (Å²) in [5.74, 6) is 0.0439. The third kappa shape index (κ3) is 5.78. The lowest BCUT2D eigenvalue weighted by Gasteiger charge is -2.09. The zero-order chi connectivity index (χ0) is 23.8. The van der Waals surface area contributed by atoms with Gasteiger partial charge in [0.15, 0.2) is 0 Å². The van der Waals surface area contributed by atoms with Crippen LogP contribution in [-0.4, -0.2) is 38.7 Å². The lowest BCUT2D eigenvalue weighted by molar-refractivity contribution is -0.140. The quantitative estimate of drug-likeness (QED) is 0.263. The van der Waals surface area contributed by atoms with Gasteiger partial charge in [-0.15, -0.1) is 0 Å². The van der Waals surface area contributed by atoms with Gasteiger partial charge < -0.3 is 4.74 Å². The van der Waals surface area contributed by atoms with Crippen LogP contribution >= 0.6 is 0 Å². The fraction of sp³-hybridized carbons (Fsp3) is 0.231. The molecule has 0 unspecified atom stereocenters. The molecular formula is C26H27N5O3. The molecule has 0 saturated carbocycles. The van der Waals surface area contributed by atoms with Gasteiger partial charge in [0.2, 0.25) is 5.95 Å². The van der Waals surface area contributed by atoms with E-state index in [0.29, 0.717) is 17.9 Å². The van der Waals surface area contributed by atoms with Gasteiger partial charge in [-0.25, -0.2) is 4.98 Å². The van der Waals surface area contributed by atoms with Gasteiger partial charge in [0.05, 0.1) is 19.0 Å². The van der Waals surface area contributed by atoms with Crippen molar-refractivity contribution in [3.05, 3.63) is 84.4 Å². The fourth-order valence-corrected chi connectivity index (χ4v) is 3.70. The zero-order valence-electron chi connectivity index (χ0n) is 19.0. The van der Waals surface area contributed by atoms with E-state index in [1.54, 1.807) is 18.5 Å². The van der Waals surface area contributed by atoms with Crippen molar-refractivity contribution in [1.29, 1.82) is 0 Å². The van der Waals surface area contributed by atoms with Crippen molar-refractivity contribution in [2.24, 2.45) is 0 Å². The van der Waals surface area contributed by atoms with E-state index in [0.717, 1.165) is 48.2 Å². The summed E-state index contributed by atoms with van der Waals surface area (Å²) >= 11 is 0. The number of anilines is 1. The highest BCUT2D eigenvalue weighted by Gasteiger charge is 2.15. The number of ether oxygens (including phenoxy) is 1. The van der Waals surface area contributed by atoms with Crippen molar-refractivity contribution in [3.8, 4) is 16.8 Å². The molecule has 0 radical (unpaired) electrons. The van der Waals surface area contributed by atoms with E-state index in [2.05, 4.69) is 20.3 Å². The molecule has 0 aliphatic carbocycles. The van der Waals surface area contributed by atoms with Gasteiger partial charge in [-0.1, -0.05) is 36.8 Å². The molecule has 2 heterocycles. The minimum Gasteiger partial charge on any atom is -0.469 e. The third-order valence-electron chi connectivity index (χ3n) is 5.51. The van der Waals surface area contributed by atoms with Crippen LogP contribution in [0.15, 0.2) is 73.2 Å². The minimum absolute atomic E-state index is 0.185. The number of aryl methyl sites for hydroxylation is 1. The number of amides is 1. The molecule has 4 aromatic rings. The Morgan fingerprint density at radius 1 is 1.03 bits per heavy atom. The average Bonchev–Trinajstić information content (AvgIpc) is 3.55. The van der Waals surface area contributed by atoms with Crippen LogP contribution in [0, 0.1) is 0 Å². The molecule has 0 bridgehead atoms. The number of esters is 1. The van der Waals surface area contributed by atoms with Gasteiger partial charge in [0, 0.05) is 35.6 Å². The predicted molar refractivity (Wildman–Crippen MR) is 130 cm³/mol. The summed E-state index contributed by atoms with van der Waals surface area (Å²) in [4.78, 5) is 29.1. The highest BCUT2D eigenvalue weighted by molar-refractivity contribution is 6.04. The summed E-state index contributed by atoms with van der Waals surface area (Å²) in [7, 11) is 1.40. The van der Waals surface area contributed by atoms with E-state index in [4.69, 9.17) is 4.98 Å². The Labute approximate surface area is 198 Å².